The first-order chi connectivity index (χ1) is 9.19. The lowest BCUT2D eigenvalue weighted by molar-refractivity contribution is -0.122. The Morgan fingerprint density at radius 1 is 1.47 bits per heavy atom. The number of aromatic nitrogens is 2. The Morgan fingerprint density at radius 3 is 3.11 bits per heavy atom. The molecular weight excluding hydrogens is 244 g/mol. The molecule has 0 spiro atoms. The molecule has 1 aromatic heterocycles. The summed E-state index contributed by atoms with van der Waals surface area (Å²) in [6.45, 7) is 2.10. The van der Waals surface area contributed by atoms with E-state index in [4.69, 9.17) is 10.5 Å². The number of hydrogen-bond donors (Lipinski definition) is 3. The lowest BCUT2D eigenvalue weighted by atomic mass is 10.0. The van der Waals surface area contributed by atoms with Crippen LogP contribution in [-0.4, -0.2) is 22.2 Å². The maximum atomic E-state index is 11.6. The molecule has 0 aliphatic carbocycles. The predicted octanol–water partition coefficient (Wildman–Crippen LogP) is 1.25. The molecule has 0 saturated carbocycles. The van der Waals surface area contributed by atoms with Crippen molar-refractivity contribution in [3.05, 3.63) is 30.1 Å². The number of H-pyrrole nitrogens is 1. The zero-order valence-electron chi connectivity index (χ0n) is 10.4. The summed E-state index contributed by atoms with van der Waals surface area (Å²) in [5.74, 6) is 0.532. The third kappa shape index (κ3) is 1.96. The molecule has 2 aromatic rings. The standard InChI is InChI=1S/C13H14N4O2/c1-7-13(18)16-10-4-8(2-3-12(10)19-7)9-6-15-17-11(9)5-14/h2-4,6-7H,5,14H2,1H3,(H,15,17)(H,16,18). The third-order valence-electron chi connectivity index (χ3n) is 3.14. The second-order valence-electron chi connectivity index (χ2n) is 4.43. The number of carbonyl (C=O) groups excluding carboxylic acids is 1. The van der Waals surface area contributed by atoms with Crippen LogP contribution in [0.5, 0.6) is 5.75 Å². The summed E-state index contributed by atoms with van der Waals surface area (Å²) in [6.07, 6.45) is 1.25. The van der Waals surface area contributed by atoms with Crippen molar-refractivity contribution in [2.24, 2.45) is 5.73 Å². The minimum Gasteiger partial charge on any atom is -0.479 e. The zero-order chi connectivity index (χ0) is 13.4. The summed E-state index contributed by atoms with van der Waals surface area (Å²) in [7, 11) is 0. The van der Waals surface area contributed by atoms with E-state index in [9.17, 15) is 4.79 Å². The van der Waals surface area contributed by atoms with Gasteiger partial charge >= 0.3 is 0 Å². The summed E-state index contributed by atoms with van der Waals surface area (Å²) >= 11 is 0. The van der Waals surface area contributed by atoms with Crippen molar-refractivity contribution in [2.75, 3.05) is 5.32 Å². The van der Waals surface area contributed by atoms with Crippen molar-refractivity contribution in [1.82, 2.24) is 10.2 Å². The number of aromatic amines is 1. The van der Waals surface area contributed by atoms with Gasteiger partial charge in [0.1, 0.15) is 5.75 Å². The van der Waals surface area contributed by atoms with Gasteiger partial charge < -0.3 is 15.8 Å². The first kappa shape index (κ1) is 11.7. The number of amides is 1. The normalized spacial score (nSPS) is 17.6. The Balaban J connectivity index is 2.02. The van der Waals surface area contributed by atoms with Crippen LogP contribution in [0.2, 0.25) is 0 Å². The van der Waals surface area contributed by atoms with Crippen LogP contribution in [0, 0.1) is 0 Å². The van der Waals surface area contributed by atoms with Crippen molar-refractivity contribution in [2.45, 2.75) is 19.6 Å². The molecule has 6 heteroatoms. The highest BCUT2D eigenvalue weighted by molar-refractivity contribution is 5.98. The van der Waals surface area contributed by atoms with E-state index in [1.54, 1.807) is 13.1 Å². The summed E-state index contributed by atoms with van der Waals surface area (Å²) in [5.41, 5.74) is 9.04. The quantitative estimate of drug-likeness (QED) is 0.755. The Kier molecular flexibility index (Phi) is 2.72. The molecule has 1 aliphatic rings. The van der Waals surface area contributed by atoms with Gasteiger partial charge in [0.25, 0.3) is 5.91 Å². The molecule has 4 N–H and O–H groups in total. The van der Waals surface area contributed by atoms with E-state index < -0.39 is 6.10 Å². The molecule has 0 radical (unpaired) electrons. The van der Waals surface area contributed by atoms with Gasteiger partial charge in [-0.3, -0.25) is 9.89 Å². The third-order valence-corrected chi connectivity index (χ3v) is 3.14. The molecule has 1 aliphatic heterocycles. The van der Waals surface area contributed by atoms with Crippen LogP contribution in [0.3, 0.4) is 0 Å². The van der Waals surface area contributed by atoms with Crippen LogP contribution in [0.4, 0.5) is 5.69 Å². The van der Waals surface area contributed by atoms with Crippen LogP contribution in [0.15, 0.2) is 24.4 Å². The minimum absolute atomic E-state index is 0.143. The number of hydrogen-bond acceptors (Lipinski definition) is 4. The number of benzene rings is 1. The van der Waals surface area contributed by atoms with Gasteiger partial charge in [-0.1, -0.05) is 6.07 Å². The maximum absolute atomic E-state index is 11.6. The first-order valence-corrected chi connectivity index (χ1v) is 6.03. The Bertz CT molecular complexity index is 635. The van der Waals surface area contributed by atoms with Crippen LogP contribution < -0.4 is 15.8 Å². The molecule has 98 valence electrons. The first-order valence-electron chi connectivity index (χ1n) is 6.03. The molecule has 1 atom stereocenters. The van der Waals surface area contributed by atoms with E-state index >= 15 is 0 Å². The van der Waals surface area contributed by atoms with E-state index in [0.29, 0.717) is 18.0 Å². The molecule has 1 aromatic carbocycles. The van der Waals surface area contributed by atoms with Crippen LogP contribution in [0.25, 0.3) is 11.1 Å². The Hall–Kier alpha value is -2.34. The number of fused-ring (bicyclic) bond motifs is 1. The van der Waals surface area contributed by atoms with Crippen molar-refractivity contribution in [1.29, 1.82) is 0 Å². The van der Waals surface area contributed by atoms with Gasteiger partial charge in [-0.2, -0.15) is 5.10 Å². The van der Waals surface area contributed by atoms with Crippen LogP contribution >= 0.6 is 0 Å². The second-order valence-corrected chi connectivity index (χ2v) is 4.43. The molecule has 6 nitrogen and oxygen atoms in total. The van der Waals surface area contributed by atoms with Crippen LogP contribution in [0.1, 0.15) is 12.6 Å². The molecule has 1 amide bonds. The van der Waals surface area contributed by atoms with E-state index in [-0.39, 0.29) is 5.91 Å². The number of nitrogens with two attached hydrogens (primary N) is 1. The highest BCUT2D eigenvalue weighted by Crippen LogP contribution is 2.34. The van der Waals surface area contributed by atoms with Crippen LogP contribution in [-0.2, 0) is 11.3 Å². The summed E-state index contributed by atoms with van der Waals surface area (Å²) in [4.78, 5) is 11.6. The molecule has 0 saturated heterocycles. The number of ether oxygens (including phenoxy) is 1. The molecule has 1 unspecified atom stereocenters. The summed E-state index contributed by atoms with van der Waals surface area (Å²) in [6, 6.07) is 5.63. The summed E-state index contributed by atoms with van der Waals surface area (Å²) in [5, 5.41) is 9.66. The number of nitrogens with zero attached hydrogens (tertiary/aromatic N) is 1. The van der Waals surface area contributed by atoms with Gasteiger partial charge in [0.05, 0.1) is 17.6 Å². The monoisotopic (exact) mass is 258 g/mol. The fourth-order valence-electron chi connectivity index (χ4n) is 2.09. The van der Waals surface area contributed by atoms with E-state index in [1.165, 1.54) is 0 Å². The van der Waals surface area contributed by atoms with E-state index in [2.05, 4.69) is 15.5 Å². The van der Waals surface area contributed by atoms with Gasteiger partial charge in [-0.25, -0.2) is 0 Å². The van der Waals surface area contributed by atoms with Gasteiger partial charge in [-0.05, 0) is 24.6 Å². The molecular formula is C13H14N4O2. The highest BCUT2D eigenvalue weighted by atomic mass is 16.5. The largest absolute Gasteiger partial charge is 0.479 e. The SMILES string of the molecule is CC1Oc2ccc(-c3cn[nH]c3CN)cc2NC1=O. The Labute approximate surface area is 110 Å². The van der Waals surface area contributed by atoms with Gasteiger partial charge in [0.15, 0.2) is 6.10 Å². The van der Waals surface area contributed by atoms with E-state index in [1.807, 2.05) is 18.2 Å². The molecule has 19 heavy (non-hydrogen) atoms. The highest BCUT2D eigenvalue weighted by Gasteiger charge is 2.23. The minimum atomic E-state index is -0.466. The van der Waals surface area contributed by atoms with Crippen molar-refractivity contribution >= 4 is 11.6 Å². The number of carbonyl (C=O) groups is 1. The van der Waals surface area contributed by atoms with Gasteiger partial charge in [-0.15, -0.1) is 0 Å². The topological polar surface area (TPSA) is 93.0 Å². The second kappa shape index (κ2) is 4.40. The number of rotatable bonds is 2. The summed E-state index contributed by atoms with van der Waals surface area (Å²) < 4.78 is 5.51. The van der Waals surface area contributed by atoms with Crippen molar-refractivity contribution in [3.8, 4) is 16.9 Å². The van der Waals surface area contributed by atoms with Crippen molar-refractivity contribution in [3.63, 3.8) is 0 Å². The smallest absolute Gasteiger partial charge is 0.265 e. The average molecular weight is 258 g/mol. The lowest BCUT2D eigenvalue weighted by Gasteiger charge is -2.23. The van der Waals surface area contributed by atoms with Crippen molar-refractivity contribution < 1.29 is 9.53 Å². The van der Waals surface area contributed by atoms with E-state index in [0.717, 1.165) is 16.8 Å². The lowest BCUT2D eigenvalue weighted by Crippen LogP contribution is -2.34. The number of anilines is 1. The fraction of sp³-hybridized carbons (Fsp3) is 0.231. The maximum Gasteiger partial charge on any atom is 0.265 e. The average Bonchev–Trinajstić information content (AvgIpc) is 2.88. The molecule has 0 bridgehead atoms. The molecule has 2 heterocycles. The van der Waals surface area contributed by atoms with Gasteiger partial charge in [0.2, 0.25) is 0 Å². The Morgan fingerprint density at radius 2 is 2.32 bits per heavy atom. The van der Waals surface area contributed by atoms with Gasteiger partial charge in [0, 0.05) is 12.1 Å². The fourth-order valence-corrected chi connectivity index (χ4v) is 2.09. The molecule has 3 rings (SSSR count). The number of nitrogens with one attached hydrogen (secondary N) is 2. The predicted molar refractivity (Wildman–Crippen MR) is 70.6 cm³/mol. The molecule has 0 fully saturated rings. The zero-order valence-corrected chi connectivity index (χ0v) is 10.4.